The maximum Gasteiger partial charge on any atom is 0.251 e. The summed E-state index contributed by atoms with van der Waals surface area (Å²) < 4.78 is 0.780. The number of aliphatic hydroxyl groups is 1. The lowest BCUT2D eigenvalue weighted by molar-refractivity contribution is 0.0945. The highest BCUT2D eigenvalue weighted by molar-refractivity contribution is 9.10. The van der Waals surface area contributed by atoms with Crippen LogP contribution >= 0.6 is 15.9 Å². The fourth-order valence-corrected chi connectivity index (χ4v) is 1.62. The maximum atomic E-state index is 11.8. The second-order valence-electron chi connectivity index (χ2n) is 4.06. The molecule has 0 aliphatic heterocycles. The van der Waals surface area contributed by atoms with E-state index in [4.69, 9.17) is 10.8 Å². The van der Waals surface area contributed by atoms with Gasteiger partial charge >= 0.3 is 0 Å². The number of nitrogens with one attached hydrogen (secondary N) is 1. The Bertz CT molecular complexity index is 396. The van der Waals surface area contributed by atoms with Crippen LogP contribution < -0.4 is 11.1 Å². The highest BCUT2D eigenvalue weighted by Gasteiger charge is 2.08. The Morgan fingerprint density at radius 2 is 2.29 bits per heavy atom. The lowest BCUT2D eigenvalue weighted by Crippen LogP contribution is -2.28. The SMILES string of the molecule is CC(CCO)CNC(=O)c1ccc(Br)c(N)c1. The van der Waals surface area contributed by atoms with Crippen molar-refractivity contribution in [2.24, 2.45) is 5.92 Å². The van der Waals surface area contributed by atoms with Crippen LogP contribution in [0.3, 0.4) is 0 Å². The van der Waals surface area contributed by atoms with Crippen LogP contribution in [-0.2, 0) is 0 Å². The van der Waals surface area contributed by atoms with E-state index in [1.54, 1.807) is 18.2 Å². The zero-order valence-electron chi connectivity index (χ0n) is 9.74. The third kappa shape index (κ3) is 4.36. The fourth-order valence-electron chi connectivity index (χ4n) is 1.38. The minimum absolute atomic E-state index is 0.141. The summed E-state index contributed by atoms with van der Waals surface area (Å²) in [4.78, 5) is 11.8. The van der Waals surface area contributed by atoms with Crippen molar-refractivity contribution in [2.45, 2.75) is 13.3 Å². The Labute approximate surface area is 109 Å². The molecule has 0 spiro atoms. The van der Waals surface area contributed by atoms with E-state index in [1.165, 1.54) is 0 Å². The molecule has 4 nitrogen and oxygen atoms in total. The summed E-state index contributed by atoms with van der Waals surface area (Å²) in [5.41, 5.74) is 6.79. The zero-order valence-corrected chi connectivity index (χ0v) is 11.3. The van der Waals surface area contributed by atoms with Gasteiger partial charge in [-0.3, -0.25) is 4.79 Å². The zero-order chi connectivity index (χ0) is 12.8. The van der Waals surface area contributed by atoms with Crippen LogP contribution in [0.25, 0.3) is 0 Å². The van der Waals surface area contributed by atoms with E-state index in [0.29, 0.717) is 24.2 Å². The van der Waals surface area contributed by atoms with Crippen molar-refractivity contribution < 1.29 is 9.90 Å². The first-order chi connectivity index (χ1) is 8.04. The Kier molecular flexibility index (Phi) is 5.44. The van der Waals surface area contributed by atoms with Gasteiger partial charge in [0.05, 0.1) is 0 Å². The quantitative estimate of drug-likeness (QED) is 0.726. The predicted octanol–water partition coefficient (Wildman–Crippen LogP) is 1.78. The number of hydrogen-bond donors (Lipinski definition) is 3. The molecular weight excluding hydrogens is 284 g/mol. The molecule has 1 atom stereocenters. The van der Waals surface area contributed by atoms with E-state index in [1.807, 2.05) is 6.92 Å². The Morgan fingerprint density at radius 3 is 2.88 bits per heavy atom. The van der Waals surface area contributed by atoms with Gasteiger partial charge in [0, 0.05) is 28.9 Å². The summed E-state index contributed by atoms with van der Waals surface area (Å²) in [6.45, 7) is 2.67. The molecule has 0 aromatic heterocycles. The predicted molar refractivity (Wildman–Crippen MR) is 71.8 cm³/mol. The molecule has 1 aromatic rings. The average Bonchev–Trinajstić information content (AvgIpc) is 2.30. The van der Waals surface area contributed by atoms with Crippen LogP contribution in [0.2, 0.25) is 0 Å². The van der Waals surface area contributed by atoms with Crippen molar-refractivity contribution in [1.29, 1.82) is 0 Å². The largest absolute Gasteiger partial charge is 0.398 e. The fraction of sp³-hybridized carbons (Fsp3) is 0.417. The number of anilines is 1. The van der Waals surface area contributed by atoms with Crippen LogP contribution in [-0.4, -0.2) is 24.2 Å². The summed E-state index contributed by atoms with van der Waals surface area (Å²) >= 11 is 3.28. The van der Waals surface area contributed by atoms with Crippen LogP contribution in [0.4, 0.5) is 5.69 Å². The number of aliphatic hydroxyl groups excluding tert-OH is 1. The molecule has 0 heterocycles. The third-order valence-corrected chi connectivity index (χ3v) is 3.21. The topological polar surface area (TPSA) is 75.3 Å². The molecule has 1 aromatic carbocycles. The standard InChI is InChI=1S/C12H17BrN2O2/c1-8(4-5-16)7-15-12(17)9-2-3-10(13)11(14)6-9/h2-3,6,8,16H,4-5,7,14H2,1H3,(H,15,17). The van der Waals surface area contributed by atoms with E-state index in [0.717, 1.165) is 4.47 Å². The molecule has 94 valence electrons. The molecule has 1 rings (SSSR count). The molecule has 0 radical (unpaired) electrons. The minimum Gasteiger partial charge on any atom is -0.398 e. The number of rotatable bonds is 5. The first kappa shape index (κ1) is 14.0. The summed E-state index contributed by atoms with van der Waals surface area (Å²) in [5.74, 6) is 0.116. The Morgan fingerprint density at radius 1 is 1.59 bits per heavy atom. The van der Waals surface area contributed by atoms with Crippen LogP contribution in [0, 0.1) is 5.92 Å². The molecule has 0 saturated heterocycles. The minimum atomic E-state index is -0.144. The van der Waals surface area contributed by atoms with Gasteiger partial charge in [-0.2, -0.15) is 0 Å². The van der Waals surface area contributed by atoms with Gasteiger partial charge in [0.15, 0.2) is 0 Å². The molecule has 0 fully saturated rings. The van der Waals surface area contributed by atoms with Crippen molar-refractivity contribution in [3.8, 4) is 0 Å². The van der Waals surface area contributed by atoms with Gasteiger partial charge in [0.2, 0.25) is 0 Å². The Hall–Kier alpha value is -1.07. The van der Waals surface area contributed by atoms with E-state index < -0.39 is 0 Å². The van der Waals surface area contributed by atoms with Crippen molar-refractivity contribution in [3.63, 3.8) is 0 Å². The number of nitrogen functional groups attached to an aromatic ring is 1. The van der Waals surface area contributed by atoms with Gasteiger partial charge < -0.3 is 16.2 Å². The van der Waals surface area contributed by atoms with Crippen molar-refractivity contribution >= 4 is 27.5 Å². The average molecular weight is 301 g/mol. The van der Waals surface area contributed by atoms with Crippen LogP contribution in [0.5, 0.6) is 0 Å². The first-order valence-electron chi connectivity index (χ1n) is 5.48. The van der Waals surface area contributed by atoms with Crippen LogP contribution in [0.15, 0.2) is 22.7 Å². The lowest BCUT2D eigenvalue weighted by atomic mass is 10.1. The second-order valence-corrected chi connectivity index (χ2v) is 4.92. The van der Waals surface area contributed by atoms with Crippen LogP contribution in [0.1, 0.15) is 23.7 Å². The summed E-state index contributed by atoms with van der Waals surface area (Å²) in [5, 5.41) is 11.6. The summed E-state index contributed by atoms with van der Waals surface area (Å²) in [6, 6.07) is 5.10. The number of carbonyl (C=O) groups is 1. The number of carbonyl (C=O) groups excluding carboxylic acids is 1. The number of halogens is 1. The summed E-state index contributed by atoms with van der Waals surface area (Å²) in [7, 11) is 0. The van der Waals surface area contributed by atoms with E-state index in [-0.39, 0.29) is 18.4 Å². The molecule has 5 heteroatoms. The molecule has 4 N–H and O–H groups in total. The second kappa shape index (κ2) is 6.61. The number of amides is 1. The summed E-state index contributed by atoms with van der Waals surface area (Å²) in [6.07, 6.45) is 0.683. The molecule has 0 aliphatic carbocycles. The molecule has 0 saturated carbocycles. The first-order valence-corrected chi connectivity index (χ1v) is 6.28. The third-order valence-electron chi connectivity index (χ3n) is 2.49. The molecule has 1 unspecified atom stereocenters. The monoisotopic (exact) mass is 300 g/mol. The molecule has 0 aliphatic rings. The van der Waals surface area contributed by atoms with Gasteiger partial charge in [0.1, 0.15) is 0 Å². The molecule has 17 heavy (non-hydrogen) atoms. The van der Waals surface area contributed by atoms with Gasteiger partial charge in [-0.25, -0.2) is 0 Å². The molecule has 1 amide bonds. The van der Waals surface area contributed by atoms with Gasteiger partial charge in [-0.15, -0.1) is 0 Å². The maximum absolute atomic E-state index is 11.8. The normalized spacial score (nSPS) is 12.2. The van der Waals surface area contributed by atoms with Gasteiger partial charge in [-0.1, -0.05) is 6.92 Å². The van der Waals surface area contributed by atoms with E-state index >= 15 is 0 Å². The Balaban J connectivity index is 2.55. The highest BCUT2D eigenvalue weighted by atomic mass is 79.9. The van der Waals surface area contributed by atoms with Crippen molar-refractivity contribution in [2.75, 3.05) is 18.9 Å². The molecular formula is C12H17BrN2O2. The smallest absolute Gasteiger partial charge is 0.251 e. The number of nitrogens with two attached hydrogens (primary N) is 1. The van der Waals surface area contributed by atoms with Crippen molar-refractivity contribution in [3.05, 3.63) is 28.2 Å². The number of hydrogen-bond acceptors (Lipinski definition) is 3. The van der Waals surface area contributed by atoms with E-state index in [2.05, 4.69) is 21.2 Å². The van der Waals surface area contributed by atoms with Gasteiger partial charge in [-0.05, 0) is 46.5 Å². The highest BCUT2D eigenvalue weighted by Crippen LogP contribution is 2.20. The van der Waals surface area contributed by atoms with Gasteiger partial charge in [0.25, 0.3) is 5.91 Å². The number of benzene rings is 1. The van der Waals surface area contributed by atoms with Crippen molar-refractivity contribution in [1.82, 2.24) is 5.32 Å². The van der Waals surface area contributed by atoms with E-state index in [9.17, 15) is 4.79 Å². The molecule has 0 bridgehead atoms. The lowest BCUT2D eigenvalue weighted by Gasteiger charge is -2.11.